The van der Waals surface area contributed by atoms with Crippen LogP contribution in [-0.2, 0) is 20.7 Å². The van der Waals surface area contributed by atoms with Crippen LogP contribution in [0.1, 0.15) is 36.2 Å². The summed E-state index contributed by atoms with van der Waals surface area (Å²) in [6.45, 7) is 6.90. The molecule has 0 unspecified atom stereocenters. The number of benzene rings is 2. The van der Waals surface area contributed by atoms with Gasteiger partial charge >= 0.3 is 5.97 Å². The standard InChI is InChI=1S/C30H41N7O5/c1-22(2)21-25(27(39)40)34-30-36-28(32-14-13-23-9-5-3-6-10-23)35-29(37-30)33-16-18-42-20-19-41-17-15-31-26(38)24-11-7-4-8-12-24/h3-12,22,25H,13-21H2,1-2H3,(H,31,38)(H,39,40)(H3,32,33,34,35,36,37)/t25-/m0/s1. The van der Waals surface area contributed by atoms with E-state index in [2.05, 4.69) is 36.2 Å². The number of hydrogen-bond acceptors (Lipinski definition) is 10. The van der Waals surface area contributed by atoms with E-state index in [0.29, 0.717) is 69.9 Å². The van der Waals surface area contributed by atoms with Crippen LogP contribution in [0.4, 0.5) is 17.8 Å². The van der Waals surface area contributed by atoms with Crippen molar-refractivity contribution < 1.29 is 24.2 Å². The van der Waals surface area contributed by atoms with E-state index in [1.165, 1.54) is 5.56 Å². The number of aliphatic carboxylic acids is 1. The molecule has 0 fully saturated rings. The number of anilines is 3. The lowest BCUT2D eigenvalue weighted by atomic mass is 10.0. The van der Waals surface area contributed by atoms with Gasteiger partial charge in [0.25, 0.3) is 5.91 Å². The summed E-state index contributed by atoms with van der Waals surface area (Å²) < 4.78 is 11.1. The van der Waals surface area contributed by atoms with Gasteiger partial charge in [-0.15, -0.1) is 0 Å². The zero-order valence-corrected chi connectivity index (χ0v) is 24.2. The molecule has 3 rings (SSSR count). The third-order valence-corrected chi connectivity index (χ3v) is 5.95. The third-order valence-electron chi connectivity index (χ3n) is 5.95. The SMILES string of the molecule is CC(C)C[C@H](Nc1nc(NCCOCCOCCNC(=O)c2ccccc2)nc(NCCc2ccccc2)n1)C(=O)O. The summed E-state index contributed by atoms with van der Waals surface area (Å²) in [5, 5.41) is 21.7. The molecular formula is C30H41N7O5. The summed E-state index contributed by atoms with van der Waals surface area (Å²) in [5.74, 6) is -0.102. The van der Waals surface area contributed by atoms with Crippen molar-refractivity contribution in [3.05, 3.63) is 71.8 Å². The van der Waals surface area contributed by atoms with Crippen LogP contribution in [0.3, 0.4) is 0 Å². The number of carbonyl (C=O) groups excluding carboxylic acids is 1. The Morgan fingerprint density at radius 3 is 1.95 bits per heavy atom. The van der Waals surface area contributed by atoms with E-state index in [1.54, 1.807) is 12.1 Å². The number of ether oxygens (including phenoxy) is 2. The number of amides is 1. The van der Waals surface area contributed by atoms with Gasteiger partial charge < -0.3 is 35.8 Å². The maximum absolute atomic E-state index is 12.0. The van der Waals surface area contributed by atoms with Crippen molar-refractivity contribution in [3.63, 3.8) is 0 Å². The van der Waals surface area contributed by atoms with Gasteiger partial charge in [-0.1, -0.05) is 62.4 Å². The van der Waals surface area contributed by atoms with Gasteiger partial charge in [0.2, 0.25) is 17.8 Å². The lowest BCUT2D eigenvalue weighted by Gasteiger charge is -2.17. The summed E-state index contributed by atoms with van der Waals surface area (Å²) in [6, 6.07) is 18.2. The average molecular weight is 580 g/mol. The van der Waals surface area contributed by atoms with E-state index < -0.39 is 12.0 Å². The molecular weight excluding hydrogens is 538 g/mol. The van der Waals surface area contributed by atoms with Gasteiger partial charge in [-0.25, -0.2) is 4.79 Å². The molecule has 0 spiro atoms. The van der Waals surface area contributed by atoms with Gasteiger partial charge in [0.1, 0.15) is 6.04 Å². The van der Waals surface area contributed by atoms with Crippen LogP contribution >= 0.6 is 0 Å². The first kappa shape index (κ1) is 32.2. The third kappa shape index (κ3) is 12.5. The van der Waals surface area contributed by atoms with Crippen molar-refractivity contribution in [1.82, 2.24) is 20.3 Å². The normalized spacial score (nSPS) is 11.6. The predicted octanol–water partition coefficient (Wildman–Crippen LogP) is 3.31. The Balaban J connectivity index is 1.41. The first-order valence-corrected chi connectivity index (χ1v) is 14.2. The van der Waals surface area contributed by atoms with Crippen LogP contribution in [0.25, 0.3) is 0 Å². The molecule has 0 aliphatic rings. The van der Waals surface area contributed by atoms with Crippen molar-refractivity contribution in [2.45, 2.75) is 32.7 Å². The summed E-state index contributed by atoms with van der Waals surface area (Å²) in [6.07, 6.45) is 1.20. The van der Waals surface area contributed by atoms with E-state index >= 15 is 0 Å². The quantitative estimate of drug-likeness (QED) is 0.125. The Bertz CT molecular complexity index is 1220. The number of nitrogens with zero attached hydrogens (tertiary/aromatic N) is 3. The van der Waals surface area contributed by atoms with Crippen LogP contribution in [0.5, 0.6) is 0 Å². The Hall–Kier alpha value is -4.29. The van der Waals surface area contributed by atoms with E-state index in [1.807, 2.05) is 62.4 Å². The van der Waals surface area contributed by atoms with Crippen molar-refractivity contribution in [3.8, 4) is 0 Å². The van der Waals surface area contributed by atoms with Gasteiger partial charge in [-0.3, -0.25) is 4.79 Å². The minimum absolute atomic E-state index is 0.133. The number of nitrogens with one attached hydrogen (secondary N) is 4. The maximum Gasteiger partial charge on any atom is 0.326 e. The van der Waals surface area contributed by atoms with Gasteiger partial charge in [0.05, 0.1) is 26.4 Å². The highest BCUT2D eigenvalue weighted by Gasteiger charge is 2.20. The maximum atomic E-state index is 12.0. The Morgan fingerprint density at radius 1 is 0.762 bits per heavy atom. The second kappa shape index (κ2) is 18.2. The van der Waals surface area contributed by atoms with Crippen LogP contribution in [0, 0.1) is 5.92 Å². The molecule has 1 amide bonds. The number of carbonyl (C=O) groups is 2. The first-order valence-electron chi connectivity index (χ1n) is 14.2. The van der Waals surface area contributed by atoms with Gasteiger partial charge in [0, 0.05) is 25.2 Å². The molecule has 12 nitrogen and oxygen atoms in total. The topological polar surface area (TPSA) is 160 Å². The lowest BCUT2D eigenvalue weighted by Crippen LogP contribution is -2.32. The first-order chi connectivity index (χ1) is 20.4. The van der Waals surface area contributed by atoms with E-state index in [0.717, 1.165) is 6.42 Å². The van der Waals surface area contributed by atoms with E-state index in [-0.39, 0.29) is 17.8 Å². The fraction of sp³-hybridized carbons (Fsp3) is 0.433. The second-order valence-corrected chi connectivity index (χ2v) is 9.91. The van der Waals surface area contributed by atoms with Crippen LogP contribution in [0.15, 0.2) is 60.7 Å². The molecule has 0 aliphatic heterocycles. The molecule has 3 aromatic rings. The number of hydrogen-bond donors (Lipinski definition) is 5. The van der Waals surface area contributed by atoms with Crippen molar-refractivity contribution in [2.75, 3.05) is 62.0 Å². The smallest absolute Gasteiger partial charge is 0.326 e. The number of carboxylic acids is 1. The number of aromatic nitrogens is 3. The summed E-state index contributed by atoms with van der Waals surface area (Å²) in [4.78, 5) is 37.0. The second-order valence-electron chi connectivity index (χ2n) is 9.91. The van der Waals surface area contributed by atoms with E-state index in [9.17, 15) is 14.7 Å². The molecule has 2 aromatic carbocycles. The molecule has 1 heterocycles. The molecule has 1 aromatic heterocycles. The molecule has 0 saturated carbocycles. The van der Waals surface area contributed by atoms with E-state index in [4.69, 9.17) is 9.47 Å². The molecule has 0 radical (unpaired) electrons. The fourth-order valence-corrected chi connectivity index (χ4v) is 3.90. The highest BCUT2D eigenvalue weighted by molar-refractivity contribution is 5.94. The average Bonchev–Trinajstić information content (AvgIpc) is 2.98. The van der Waals surface area contributed by atoms with Gasteiger partial charge in [-0.2, -0.15) is 15.0 Å². The largest absolute Gasteiger partial charge is 0.480 e. The zero-order chi connectivity index (χ0) is 30.0. The van der Waals surface area contributed by atoms with Crippen LogP contribution in [-0.4, -0.2) is 84.0 Å². The Morgan fingerprint density at radius 2 is 1.33 bits per heavy atom. The molecule has 226 valence electrons. The molecule has 0 bridgehead atoms. The van der Waals surface area contributed by atoms with Gasteiger partial charge in [0.15, 0.2) is 0 Å². The molecule has 42 heavy (non-hydrogen) atoms. The Labute approximate surface area is 246 Å². The molecule has 5 N–H and O–H groups in total. The highest BCUT2D eigenvalue weighted by atomic mass is 16.5. The van der Waals surface area contributed by atoms with Gasteiger partial charge in [-0.05, 0) is 36.5 Å². The molecule has 1 atom stereocenters. The number of carboxylic acid groups (broad SMARTS) is 1. The zero-order valence-electron chi connectivity index (χ0n) is 24.2. The molecule has 0 aliphatic carbocycles. The minimum atomic E-state index is -0.966. The van der Waals surface area contributed by atoms with Crippen LogP contribution in [0.2, 0.25) is 0 Å². The highest BCUT2D eigenvalue weighted by Crippen LogP contribution is 2.14. The lowest BCUT2D eigenvalue weighted by molar-refractivity contribution is -0.138. The van der Waals surface area contributed by atoms with Crippen molar-refractivity contribution >= 4 is 29.7 Å². The summed E-state index contributed by atoms with van der Waals surface area (Å²) >= 11 is 0. The fourth-order valence-electron chi connectivity index (χ4n) is 3.90. The van der Waals surface area contributed by atoms with Crippen molar-refractivity contribution in [2.24, 2.45) is 5.92 Å². The van der Waals surface area contributed by atoms with Crippen LogP contribution < -0.4 is 21.3 Å². The molecule has 0 saturated heterocycles. The monoisotopic (exact) mass is 579 g/mol. The number of rotatable bonds is 20. The van der Waals surface area contributed by atoms with Crippen molar-refractivity contribution in [1.29, 1.82) is 0 Å². The Kier molecular flexibility index (Phi) is 14.0. The molecule has 12 heteroatoms. The summed E-state index contributed by atoms with van der Waals surface area (Å²) in [5.41, 5.74) is 1.79. The minimum Gasteiger partial charge on any atom is -0.480 e. The summed E-state index contributed by atoms with van der Waals surface area (Å²) in [7, 11) is 0. The predicted molar refractivity (Wildman–Crippen MR) is 162 cm³/mol.